The first-order valence-electron chi connectivity index (χ1n) is 6.24. The lowest BCUT2D eigenvalue weighted by Crippen LogP contribution is -1.71. The lowest BCUT2D eigenvalue weighted by molar-refractivity contribution is 0.730. The molecule has 0 unspecified atom stereocenters. The van der Waals surface area contributed by atoms with E-state index in [9.17, 15) is 0 Å². The predicted octanol–water partition coefficient (Wildman–Crippen LogP) is 5.73. The van der Waals surface area contributed by atoms with E-state index in [-0.39, 0.29) is 0 Å². The topological polar surface area (TPSA) is 0 Å². The van der Waals surface area contributed by atoms with Gasteiger partial charge >= 0.3 is 0 Å². The van der Waals surface area contributed by atoms with Gasteiger partial charge in [0.05, 0.1) is 0 Å². The summed E-state index contributed by atoms with van der Waals surface area (Å²) >= 11 is 0. The molecule has 1 aromatic carbocycles. The Morgan fingerprint density at radius 2 is 1.35 bits per heavy atom. The average molecular weight is 228 g/mol. The lowest BCUT2D eigenvalue weighted by Gasteiger charge is -1.92. The van der Waals surface area contributed by atoms with Crippen LogP contribution >= 0.6 is 0 Å². The molecule has 0 atom stereocenters. The molecule has 17 heavy (non-hydrogen) atoms. The summed E-state index contributed by atoms with van der Waals surface area (Å²) < 4.78 is 0. The summed E-state index contributed by atoms with van der Waals surface area (Å²) in [6.07, 6.45) is 10.8. The smallest absolute Gasteiger partial charge is 0.0262 e. The molecule has 1 aromatic rings. The Hall–Kier alpha value is -1.56. The third kappa shape index (κ3) is 8.27. The molecule has 0 N–H and O–H groups in total. The highest BCUT2D eigenvalue weighted by atomic mass is 13.9. The minimum atomic E-state index is 1.14. The van der Waals surface area contributed by atoms with Crippen LogP contribution in [0.15, 0.2) is 50.1 Å². The Balaban J connectivity index is 0.000000325. The van der Waals surface area contributed by atoms with E-state index < -0.39 is 0 Å². The summed E-state index contributed by atoms with van der Waals surface area (Å²) in [4.78, 5) is 0. The van der Waals surface area contributed by atoms with Crippen LogP contribution in [0.2, 0.25) is 0 Å². The second-order valence-electron chi connectivity index (χ2n) is 3.86. The maximum absolute atomic E-state index is 3.66. The van der Waals surface area contributed by atoms with Crippen LogP contribution in [-0.4, -0.2) is 0 Å². The first-order chi connectivity index (χ1) is 8.28. The van der Waals surface area contributed by atoms with Crippen LogP contribution < -0.4 is 0 Å². The van der Waals surface area contributed by atoms with E-state index in [4.69, 9.17) is 0 Å². The van der Waals surface area contributed by atoms with Crippen molar-refractivity contribution in [2.24, 2.45) is 0 Å². The normalized spacial score (nSPS) is 8.76. The highest BCUT2D eigenvalue weighted by Crippen LogP contribution is 2.05. The van der Waals surface area contributed by atoms with Crippen molar-refractivity contribution in [1.82, 2.24) is 0 Å². The van der Waals surface area contributed by atoms with Gasteiger partial charge in [0, 0.05) is 0 Å². The van der Waals surface area contributed by atoms with Gasteiger partial charge in [-0.3, -0.25) is 0 Å². The zero-order valence-corrected chi connectivity index (χ0v) is 11.0. The summed E-state index contributed by atoms with van der Waals surface area (Å²) in [5.74, 6) is 0. The van der Waals surface area contributed by atoms with Crippen LogP contribution in [-0.2, 0) is 0 Å². The molecule has 0 nitrogen and oxygen atoms in total. The number of hydrogen-bond acceptors (Lipinski definition) is 0. The van der Waals surface area contributed by atoms with Crippen molar-refractivity contribution < 1.29 is 0 Å². The Bertz CT molecular complexity index is 289. The van der Waals surface area contributed by atoms with Gasteiger partial charge in [0.25, 0.3) is 0 Å². The van der Waals surface area contributed by atoms with Gasteiger partial charge in [-0.1, -0.05) is 75.4 Å². The van der Waals surface area contributed by atoms with Gasteiger partial charge in [0.15, 0.2) is 0 Å². The van der Waals surface area contributed by atoms with Crippen molar-refractivity contribution in [3.05, 3.63) is 61.2 Å². The molecular weight excluding hydrogens is 204 g/mol. The molecule has 0 heterocycles. The van der Waals surface area contributed by atoms with Gasteiger partial charge in [0.2, 0.25) is 0 Å². The van der Waals surface area contributed by atoms with Crippen LogP contribution in [0, 0.1) is 0 Å². The van der Waals surface area contributed by atoms with Gasteiger partial charge in [0.1, 0.15) is 0 Å². The van der Waals surface area contributed by atoms with E-state index in [1.807, 2.05) is 42.5 Å². The van der Waals surface area contributed by atoms with E-state index in [2.05, 4.69) is 26.7 Å². The number of allylic oxidation sites excluding steroid dienone is 1. The van der Waals surface area contributed by atoms with Crippen LogP contribution in [0.3, 0.4) is 0 Å². The molecule has 0 heteroatoms. The monoisotopic (exact) mass is 228 g/mol. The number of unbranched alkanes of at least 4 members (excludes halogenated alkanes) is 3. The molecular formula is C17H24. The van der Waals surface area contributed by atoms with Gasteiger partial charge in [-0.05, 0) is 24.0 Å². The van der Waals surface area contributed by atoms with Crippen LogP contribution in [0.1, 0.15) is 43.7 Å². The van der Waals surface area contributed by atoms with Gasteiger partial charge < -0.3 is 0 Å². The second-order valence-corrected chi connectivity index (χ2v) is 3.86. The Morgan fingerprint density at radius 3 is 1.65 bits per heavy atom. The van der Waals surface area contributed by atoms with Crippen molar-refractivity contribution in [1.29, 1.82) is 0 Å². The summed E-state index contributed by atoms with van der Waals surface area (Å²) in [5.41, 5.74) is 2.29. The third-order valence-corrected chi connectivity index (χ3v) is 2.42. The molecule has 92 valence electrons. The van der Waals surface area contributed by atoms with E-state index in [0.717, 1.165) is 11.1 Å². The largest absolute Gasteiger partial charge is 0.103 e. The number of benzene rings is 1. The highest BCUT2D eigenvalue weighted by Gasteiger charge is 1.84. The van der Waals surface area contributed by atoms with Crippen molar-refractivity contribution in [3.63, 3.8) is 0 Å². The maximum Gasteiger partial charge on any atom is -0.0262 e. The molecule has 0 saturated heterocycles. The SMILES string of the molecule is C=CCCCCC.C=Cc1ccc(C=C)cc1. The van der Waals surface area contributed by atoms with Crippen LogP contribution in [0.25, 0.3) is 12.2 Å². The van der Waals surface area contributed by atoms with Gasteiger partial charge in [-0.2, -0.15) is 0 Å². The second kappa shape index (κ2) is 10.9. The molecule has 0 radical (unpaired) electrons. The fraction of sp³-hybridized carbons (Fsp3) is 0.294. The van der Waals surface area contributed by atoms with Crippen molar-refractivity contribution in [2.45, 2.75) is 32.6 Å². The highest BCUT2D eigenvalue weighted by molar-refractivity contribution is 5.53. The predicted molar refractivity (Wildman–Crippen MR) is 81.0 cm³/mol. The maximum atomic E-state index is 3.66. The number of hydrogen-bond donors (Lipinski definition) is 0. The Morgan fingerprint density at radius 1 is 0.882 bits per heavy atom. The molecule has 0 aromatic heterocycles. The molecule has 0 spiro atoms. The lowest BCUT2D eigenvalue weighted by atomic mass is 10.1. The Labute approximate surface area is 106 Å². The molecule has 0 saturated carbocycles. The first kappa shape index (κ1) is 15.4. The molecule has 0 bridgehead atoms. The van der Waals surface area contributed by atoms with Crippen molar-refractivity contribution >= 4 is 12.2 Å². The summed E-state index contributed by atoms with van der Waals surface area (Å²) in [5, 5.41) is 0. The van der Waals surface area contributed by atoms with E-state index in [1.165, 1.54) is 25.7 Å². The van der Waals surface area contributed by atoms with Crippen LogP contribution in [0.5, 0.6) is 0 Å². The van der Waals surface area contributed by atoms with E-state index in [0.29, 0.717) is 0 Å². The van der Waals surface area contributed by atoms with Gasteiger partial charge in [-0.25, -0.2) is 0 Å². The zero-order chi connectivity index (χ0) is 12.9. The standard InChI is InChI=1S/C10H10.C7H14/c1-3-9-5-7-10(4-2)8-6-9;1-3-5-7-6-4-2/h3-8H,1-2H2;3H,1,4-7H2,2H3. The molecule has 1 rings (SSSR count). The fourth-order valence-corrected chi connectivity index (χ4v) is 1.31. The fourth-order valence-electron chi connectivity index (χ4n) is 1.31. The summed E-state index contributed by atoms with van der Waals surface area (Å²) in [6, 6.07) is 8.07. The minimum Gasteiger partial charge on any atom is -0.103 e. The van der Waals surface area contributed by atoms with E-state index in [1.54, 1.807) is 0 Å². The molecule has 0 aliphatic rings. The molecule has 0 amide bonds. The Kier molecular flexibility index (Phi) is 9.94. The summed E-state index contributed by atoms with van der Waals surface area (Å²) in [6.45, 7) is 13.2. The van der Waals surface area contributed by atoms with Crippen LogP contribution in [0.4, 0.5) is 0 Å². The number of rotatable bonds is 6. The van der Waals surface area contributed by atoms with Crippen molar-refractivity contribution in [2.75, 3.05) is 0 Å². The van der Waals surface area contributed by atoms with Crippen molar-refractivity contribution in [3.8, 4) is 0 Å². The third-order valence-electron chi connectivity index (χ3n) is 2.42. The quantitative estimate of drug-likeness (QED) is 0.431. The minimum absolute atomic E-state index is 1.14. The van der Waals surface area contributed by atoms with E-state index >= 15 is 0 Å². The zero-order valence-electron chi connectivity index (χ0n) is 11.0. The first-order valence-corrected chi connectivity index (χ1v) is 6.24. The molecule has 0 aliphatic heterocycles. The molecule has 0 aliphatic carbocycles. The molecule has 0 fully saturated rings. The summed E-state index contributed by atoms with van der Waals surface area (Å²) in [7, 11) is 0. The van der Waals surface area contributed by atoms with Gasteiger partial charge in [-0.15, -0.1) is 6.58 Å². The average Bonchev–Trinajstić information content (AvgIpc) is 2.40.